The summed E-state index contributed by atoms with van der Waals surface area (Å²) in [5.41, 5.74) is 0.0581. The topological polar surface area (TPSA) is 158 Å². The number of morpholine rings is 1. The van der Waals surface area contributed by atoms with Crippen molar-refractivity contribution in [1.29, 1.82) is 0 Å². The van der Waals surface area contributed by atoms with Crippen LogP contribution in [0.5, 0.6) is 0 Å². The van der Waals surface area contributed by atoms with Gasteiger partial charge in [-0.1, -0.05) is 88.4 Å². The van der Waals surface area contributed by atoms with Crippen LogP contribution in [0.4, 0.5) is 0 Å². The van der Waals surface area contributed by atoms with Crippen LogP contribution in [0.2, 0.25) is 0 Å². The first-order valence-corrected chi connectivity index (χ1v) is 18.4. The lowest BCUT2D eigenvalue weighted by Gasteiger charge is -2.29. The molecule has 2 aromatic rings. The lowest BCUT2D eigenvalue weighted by atomic mass is 9.93. The molecule has 0 radical (unpaired) electrons. The number of aryl methyl sites for hydroxylation is 1. The number of nitrogens with zero attached hydrogens (tertiary/aromatic N) is 1. The minimum absolute atomic E-state index is 0.0236. The summed E-state index contributed by atoms with van der Waals surface area (Å²) >= 11 is 0. The Morgan fingerprint density at radius 2 is 1.23 bits per heavy atom. The highest BCUT2D eigenvalue weighted by molar-refractivity contribution is 5.98. The molecule has 12 nitrogen and oxygen atoms in total. The number of nitrogens with one attached hydrogen (secondary N) is 4. The summed E-state index contributed by atoms with van der Waals surface area (Å²) in [6.07, 6.45) is 1.39. The van der Waals surface area contributed by atoms with Gasteiger partial charge in [-0.3, -0.25) is 28.9 Å². The van der Waals surface area contributed by atoms with E-state index in [1.54, 1.807) is 0 Å². The molecule has 0 saturated carbocycles. The Hall–Kier alpha value is -4.13. The molecule has 2 saturated heterocycles. The molecule has 2 aliphatic rings. The van der Waals surface area contributed by atoms with Crippen molar-refractivity contribution in [3.63, 3.8) is 0 Å². The molecule has 2 aromatic carbocycles. The standard InChI is InChI=1S/C40H57N5O7/c1-27(2)22-32(36(47)40(5)26-52-40)42-39(50)34(24-30-14-10-7-11-15-30)44-38(49)33(23-28(3)4)43-37(48)31(17-16-29-12-8-6-9-13-29)41-35(46)25-45-18-20-51-21-19-45/h6-15,27-28,31-34H,16-26H2,1-5H3,(H,41,46)(H,42,50)(H,43,48)(H,44,49)/t31-,32-,33-,34-,40+/m0/s1/i26D2. The Balaban J connectivity index is 1.53. The average Bonchev–Trinajstić information content (AvgIpc) is 3.66. The first-order valence-electron chi connectivity index (χ1n) is 19.4. The number of hydrogen-bond donors (Lipinski definition) is 4. The van der Waals surface area contributed by atoms with Crippen LogP contribution in [-0.2, 0) is 46.3 Å². The van der Waals surface area contributed by atoms with Crippen molar-refractivity contribution < 1.29 is 36.2 Å². The fourth-order valence-corrected chi connectivity index (χ4v) is 6.22. The van der Waals surface area contributed by atoms with Gasteiger partial charge in [-0.05, 0) is 55.6 Å². The maximum atomic E-state index is 14.1. The predicted octanol–water partition coefficient (Wildman–Crippen LogP) is 2.58. The van der Waals surface area contributed by atoms with Gasteiger partial charge in [0.2, 0.25) is 23.6 Å². The predicted molar refractivity (Wildman–Crippen MR) is 198 cm³/mol. The molecule has 4 rings (SSSR count). The number of ether oxygens (including phenoxy) is 2. The van der Waals surface area contributed by atoms with E-state index in [4.69, 9.17) is 12.2 Å². The molecule has 0 bridgehead atoms. The van der Waals surface area contributed by atoms with Gasteiger partial charge in [0.15, 0.2) is 5.78 Å². The van der Waals surface area contributed by atoms with Gasteiger partial charge in [0.25, 0.3) is 0 Å². The molecule has 4 amide bonds. The zero-order chi connectivity index (χ0) is 39.5. The molecule has 0 spiro atoms. The molecule has 0 aliphatic carbocycles. The summed E-state index contributed by atoms with van der Waals surface area (Å²) in [6, 6.07) is 14.5. The van der Waals surface area contributed by atoms with Crippen molar-refractivity contribution in [2.24, 2.45) is 11.8 Å². The van der Waals surface area contributed by atoms with Crippen LogP contribution in [-0.4, -0.2) is 103 Å². The lowest BCUT2D eigenvalue weighted by molar-refractivity contribution is -0.135. The Bertz CT molecular complexity index is 1570. The summed E-state index contributed by atoms with van der Waals surface area (Å²) in [7, 11) is 0. The number of amides is 4. The third-order valence-corrected chi connectivity index (χ3v) is 9.16. The van der Waals surface area contributed by atoms with Crippen LogP contribution in [0, 0.1) is 11.8 Å². The molecule has 12 heteroatoms. The number of Topliss-reactive ketones (excluding diaryl/α,β-unsaturated/α-hetero) is 1. The zero-order valence-corrected chi connectivity index (χ0v) is 31.1. The highest BCUT2D eigenvalue weighted by Gasteiger charge is 2.50. The van der Waals surface area contributed by atoms with Crippen LogP contribution >= 0.6 is 0 Å². The molecular weight excluding hydrogens is 662 g/mol. The number of carbonyl (C=O) groups is 5. The van der Waals surface area contributed by atoms with Crippen molar-refractivity contribution in [3.05, 3.63) is 71.8 Å². The number of hydrogen-bond acceptors (Lipinski definition) is 8. The van der Waals surface area contributed by atoms with Crippen LogP contribution in [0.3, 0.4) is 0 Å². The number of rotatable bonds is 20. The maximum Gasteiger partial charge on any atom is 0.243 e. The molecule has 52 heavy (non-hydrogen) atoms. The average molecular weight is 722 g/mol. The minimum atomic E-state index is -2.15. The normalized spacial score (nSPS) is 21.1. The molecule has 284 valence electrons. The molecule has 2 heterocycles. The largest absolute Gasteiger partial charge is 0.379 e. The SMILES string of the molecule is [2H]C1([2H])O[C@@]1(C)C(=O)[C@H](CC(C)C)NC(=O)[C@H](Cc1ccccc1)NC(=O)[C@H](CC(C)C)NC(=O)[C@H](CCc1ccccc1)NC(=O)CN1CCOCC1. The van der Waals surface area contributed by atoms with E-state index in [1.165, 1.54) is 6.92 Å². The van der Waals surface area contributed by atoms with Gasteiger partial charge in [0.05, 0.1) is 35.1 Å². The lowest BCUT2D eigenvalue weighted by Crippen LogP contribution is -2.59. The smallest absolute Gasteiger partial charge is 0.243 e. The molecule has 2 aliphatic heterocycles. The number of epoxide rings is 1. The number of carbonyl (C=O) groups excluding carboxylic acids is 5. The first-order chi connectivity index (χ1) is 25.6. The van der Waals surface area contributed by atoms with Crippen molar-refractivity contribution in [1.82, 2.24) is 26.2 Å². The molecule has 0 unspecified atom stereocenters. The quantitative estimate of drug-likeness (QED) is 0.152. The van der Waals surface area contributed by atoms with Gasteiger partial charge in [-0.15, -0.1) is 0 Å². The fourth-order valence-electron chi connectivity index (χ4n) is 6.22. The van der Waals surface area contributed by atoms with E-state index < -0.39 is 59.8 Å². The Morgan fingerprint density at radius 1 is 0.731 bits per heavy atom. The summed E-state index contributed by atoms with van der Waals surface area (Å²) in [4.78, 5) is 70.8. The molecular formula is C40H57N5O7. The Labute approximate surface area is 310 Å². The van der Waals surface area contributed by atoms with Gasteiger partial charge < -0.3 is 30.7 Å². The Morgan fingerprint density at radius 3 is 1.81 bits per heavy atom. The number of ketones is 1. The molecule has 4 N–H and O–H groups in total. The van der Waals surface area contributed by atoms with Crippen LogP contribution < -0.4 is 21.3 Å². The van der Waals surface area contributed by atoms with Crippen LogP contribution in [0.25, 0.3) is 0 Å². The third kappa shape index (κ3) is 13.1. The Kier molecular flexibility index (Phi) is 14.2. The van der Waals surface area contributed by atoms with E-state index in [0.717, 1.165) is 11.1 Å². The molecule has 5 atom stereocenters. The highest BCUT2D eigenvalue weighted by Crippen LogP contribution is 2.29. The van der Waals surface area contributed by atoms with Crippen molar-refractivity contribution in [2.75, 3.05) is 39.4 Å². The van der Waals surface area contributed by atoms with Crippen LogP contribution in [0.1, 0.15) is 67.7 Å². The molecule has 0 aromatic heterocycles. The first kappa shape index (κ1) is 37.6. The van der Waals surface area contributed by atoms with Crippen molar-refractivity contribution in [2.45, 2.75) is 96.5 Å². The van der Waals surface area contributed by atoms with E-state index in [1.807, 2.05) is 93.3 Å². The summed E-state index contributed by atoms with van der Waals surface area (Å²) < 4.78 is 26.5. The summed E-state index contributed by atoms with van der Waals surface area (Å²) in [5.74, 6) is -2.66. The van der Waals surface area contributed by atoms with Crippen molar-refractivity contribution in [3.8, 4) is 0 Å². The van der Waals surface area contributed by atoms with Crippen LogP contribution in [0.15, 0.2) is 60.7 Å². The monoisotopic (exact) mass is 721 g/mol. The molecule has 2 fully saturated rings. The van der Waals surface area contributed by atoms with Gasteiger partial charge in [0, 0.05) is 19.5 Å². The van der Waals surface area contributed by atoms with E-state index in [0.29, 0.717) is 39.1 Å². The highest BCUT2D eigenvalue weighted by atomic mass is 16.6. The second-order valence-corrected chi connectivity index (χ2v) is 14.8. The third-order valence-electron chi connectivity index (χ3n) is 9.16. The van der Waals surface area contributed by atoms with Gasteiger partial charge in [-0.25, -0.2) is 0 Å². The van der Waals surface area contributed by atoms with E-state index in [2.05, 4.69) is 21.3 Å². The zero-order valence-electron chi connectivity index (χ0n) is 33.1. The van der Waals surface area contributed by atoms with Gasteiger partial charge >= 0.3 is 0 Å². The fraction of sp³-hybridized carbons (Fsp3) is 0.575. The van der Waals surface area contributed by atoms with E-state index in [-0.39, 0.29) is 43.6 Å². The summed E-state index contributed by atoms with van der Waals surface area (Å²) in [5, 5.41) is 11.4. The summed E-state index contributed by atoms with van der Waals surface area (Å²) in [6.45, 7) is 9.21. The van der Waals surface area contributed by atoms with E-state index in [9.17, 15) is 24.0 Å². The van der Waals surface area contributed by atoms with E-state index >= 15 is 0 Å². The second kappa shape index (κ2) is 19.6. The number of benzene rings is 2. The van der Waals surface area contributed by atoms with Gasteiger partial charge in [-0.2, -0.15) is 0 Å². The van der Waals surface area contributed by atoms with Crippen molar-refractivity contribution >= 4 is 29.4 Å². The minimum Gasteiger partial charge on any atom is -0.379 e. The second-order valence-electron chi connectivity index (χ2n) is 14.8. The maximum absolute atomic E-state index is 14.1. The van der Waals surface area contributed by atoms with Gasteiger partial charge in [0.1, 0.15) is 23.7 Å².